The van der Waals surface area contributed by atoms with E-state index in [0.29, 0.717) is 11.5 Å². The Morgan fingerprint density at radius 1 is 1.10 bits per heavy atom. The number of aromatic nitrogens is 2. The van der Waals surface area contributed by atoms with Crippen molar-refractivity contribution in [3.63, 3.8) is 0 Å². The molecule has 150 valence electrons. The van der Waals surface area contributed by atoms with E-state index in [4.69, 9.17) is 16.3 Å². The molecule has 0 aliphatic heterocycles. The number of allylic oxidation sites excluding steroid dienone is 1. The van der Waals surface area contributed by atoms with Gasteiger partial charge >= 0.3 is 6.18 Å². The van der Waals surface area contributed by atoms with Crippen LogP contribution in [0.1, 0.15) is 23.7 Å². The SMILES string of the molecule is C/C=C\c1ncnc(Nc2ccc(Oc3cccc(C(F)(F)F)c3)c(Cl)c2)c1C. The minimum absolute atomic E-state index is 0.0464. The largest absolute Gasteiger partial charge is 0.456 e. The topological polar surface area (TPSA) is 47.0 Å². The van der Waals surface area contributed by atoms with Crippen molar-refractivity contribution in [3.05, 3.63) is 76.7 Å². The number of hydrogen-bond donors (Lipinski definition) is 1. The van der Waals surface area contributed by atoms with E-state index in [1.165, 1.54) is 18.5 Å². The molecule has 0 amide bonds. The summed E-state index contributed by atoms with van der Waals surface area (Å²) in [5.41, 5.74) is 1.52. The van der Waals surface area contributed by atoms with E-state index in [1.54, 1.807) is 18.2 Å². The molecule has 1 heterocycles. The molecule has 1 aromatic heterocycles. The average Bonchev–Trinajstić information content (AvgIpc) is 2.67. The maximum absolute atomic E-state index is 12.9. The van der Waals surface area contributed by atoms with Gasteiger partial charge in [-0.2, -0.15) is 13.2 Å². The molecular weight excluding hydrogens is 403 g/mol. The number of rotatable bonds is 5. The first-order valence-electron chi connectivity index (χ1n) is 8.64. The van der Waals surface area contributed by atoms with Gasteiger partial charge in [0, 0.05) is 11.3 Å². The van der Waals surface area contributed by atoms with Crippen LogP contribution in [0.25, 0.3) is 6.08 Å². The second-order valence-corrected chi connectivity index (χ2v) is 6.54. The number of anilines is 2. The van der Waals surface area contributed by atoms with Crippen molar-refractivity contribution >= 4 is 29.2 Å². The van der Waals surface area contributed by atoms with E-state index in [-0.39, 0.29) is 16.5 Å². The molecule has 8 heteroatoms. The third-order valence-corrected chi connectivity index (χ3v) is 4.33. The highest BCUT2D eigenvalue weighted by Gasteiger charge is 2.30. The van der Waals surface area contributed by atoms with Crippen molar-refractivity contribution in [2.75, 3.05) is 5.32 Å². The lowest BCUT2D eigenvalue weighted by Gasteiger charge is -2.13. The highest BCUT2D eigenvalue weighted by molar-refractivity contribution is 6.32. The summed E-state index contributed by atoms with van der Waals surface area (Å²) in [6.07, 6.45) is 0.770. The zero-order chi connectivity index (χ0) is 21.0. The number of nitrogens with one attached hydrogen (secondary N) is 1. The zero-order valence-electron chi connectivity index (χ0n) is 15.6. The van der Waals surface area contributed by atoms with E-state index in [9.17, 15) is 13.2 Å². The monoisotopic (exact) mass is 419 g/mol. The van der Waals surface area contributed by atoms with Crippen molar-refractivity contribution in [3.8, 4) is 11.5 Å². The van der Waals surface area contributed by atoms with Crippen LogP contribution in [0.5, 0.6) is 11.5 Å². The van der Waals surface area contributed by atoms with Gasteiger partial charge in [0.2, 0.25) is 0 Å². The predicted molar refractivity (Wildman–Crippen MR) is 108 cm³/mol. The zero-order valence-corrected chi connectivity index (χ0v) is 16.3. The first-order chi connectivity index (χ1) is 13.8. The maximum atomic E-state index is 12.9. The van der Waals surface area contributed by atoms with Gasteiger partial charge in [0.05, 0.1) is 16.3 Å². The fourth-order valence-electron chi connectivity index (χ4n) is 2.58. The first-order valence-corrected chi connectivity index (χ1v) is 9.01. The molecule has 0 atom stereocenters. The van der Waals surface area contributed by atoms with Crippen molar-refractivity contribution in [2.45, 2.75) is 20.0 Å². The molecule has 29 heavy (non-hydrogen) atoms. The summed E-state index contributed by atoms with van der Waals surface area (Å²) >= 11 is 6.26. The summed E-state index contributed by atoms with van der Waals surface area (Å²) in [6, 6.07) is 9.51. The Kier molecular flexibility index (Phi) is 6.08. The van der Waals surface area contributed by atoms with Gasteiger partial charge in [0.15, 0.2) is 0 Å². The van der Waals surface area contributed by atoms with Crippen LogP contribution >= 0.6 is 11.6 Å². The smallest absolute Gasteiger partial charge is 0.416 e. The van der Waals surface area contributed by atoms with E-state index in [2.05, 4.69) is 15.3 Å². The second kappa shape index (κ2) is 8.53. The lowest BCUT2D eigenvalue weighted by atomic mass is 10.2. The first kappa shape index (κ1) is 20.7. The van der Waals surface area contributed by atoms with E-state index in [1.807, 2.05) is 26.0 Å². The Labute approximate surface area is 171 Å². The summed E-state index contributed by atoms with van der Waals surface area (Å²) in [5, 5.41) is 3.40. The molecular formula is C21H17ClF3N3O. The number of ether oxygens (including phenoxy) is 1. The molecule has 0 radical (unpaired) electrons. The third kappa shape index (κ3) is 5.06. The van der Waals surface area contributed by atoms with Gasteiger partial charge in [0.25, 0.3) is 0 Å². The summed E-state index contributed by atoms with van der Waals surface area (Å²) in [6.45, 7) is 3.79. The van der Waals surface area contributed by atoms with Crippen LogP contribution < -0.4 is 10.1 Å². The molecule has 3 rings (SSSR count). The number of halogens is 4. The molecule has 0 unspecified atom stereocenters. The molecule has 4 nitrogen and oxygen atoms in total. The van der Waals surface area contributed by atoms with E-state index < -0.39 is 11.7 Å². The van der Waals surface area contributed by atoms with Gasteiger partial charge in [-0.1, -0.05) is 23.7 Å². The molecule has 0 aliphatic rings. The number of benzene rings is 2. The Morgan fingerprint density at radius 2 is 1.90 bits per heavy atom. The van der Waals surface area contributed by atoms with E-state index in [0.717, 1.165) is 23.4 Å². The van der Waals surface area contributed by atoms with Crippen molar-refractivity contribution in [1.82, 2.24) is 9.97 Å². The van der Waals surface area contributed by atoms with Gasteiger partial charge < -0.3 is 10.1 Å². The van der Waals surface area contributed by atoms with Gasteiger partial charge in [-0.15, -0.1) is 0 Å². The van der Waals surface area contributed by atoms with Crippen LogP contribution in [-0.2, 0) is 6.18 Å². The van der Waals surface area contributed by atoms with Crippen LogP contribution in [0.15, 0.2) is 54.9 Å². The van der Waals surface area contributed by atoms with Crippen LogP contribution in [0.4, 0.5) is 24.7 Å². The van der Waals surface area contributed by atoms with Crippen molar-refractivity contribution in [1.29, 1.82) is 0 Å². The lowest BCUT2D eigenvalue weighted by molar-refractivity contribution is -0.137. The molecule has 0 saturated carbocycles. The number of nitrogens with zero attached hydrogens (tertiary/aromatic N) is 2. The highest BCUT2D eigenvalue weighted by Crippen LogP contribution is 2.36. The Bertz CT molecular complexity index is 1050. The lowest BCUT2D eigenvalue weighted by Crippen LogP contribution is -2.04. The minimum atomic E-state index is -4.45. The summed E-state index contributed by atoms with van der Waals surface area (Å²) in [7, 11) is 0. The fraction of sp³-hybridized carbons (Fsp3) is 0.143. The summed E-state index contributed by atoms with van der Waals surface area (Å²) in [5.74, 6) is 0.909. The molecule has 0 saturated heterocycles. The van der Waals surface area contributed by atoms with Gasteiger partial charge in [0.1, 0.15) is 23.6 Å². The van der Waals surface area contributed by atoms with Crippen LogP contribution in [-0.4, -0.2) is 9.97 Å². The van der Waals surface area contributed by atoms with Crippen LogP contribution in [0, 0.1) is 6.92 Å². The second-order valence-electron chi connectivity index (χ2n) is 6.13. The van der Waals surface area contributed by atoms with Crippen LogP contribution in [0.3, 0.4) is 0 Å². The van der Waals surface area contributed by atoms with Crippen LogP contribution in [0.2, 0.25) is 5.02 Å². The third-order valence-electron chi connectivity index (χ3n) is 4.03. The molecule has 0 fully saturated rings. The molecule has 1 N–H and O–H groups in total. The standard InChI is InChI=1S/C21H17ClF3N3O/c1-3-5-18-13(2)20(27-12-26-18)28-15-8-9-19(17(22)11-15)29-16-7-4-6-14(10-16)21(23,24)25/h3-12H,1-2H3,(H,26,27,28)/b5-3-. The van der Waals surface area contributed by atoms with Gasteiger partial charge in [-0.05, 0) is 56.3 Å². The van der Waals surface area contributed by atoms with E-state index >= 15 is 0 Å². The molecule has 3 aromatic rings. The predicted octanol–water partition coefficient (Wildman–Crippen LogP) is 7.03. The number of hydrogen-bond acceptors (Lipinski definition) is 4. The van der Waals surface area contributed by atoms with Gasteiger partial charge in [-0.25, -0.2) is 9.97 Å². The molecule has 0 bridgehead atoms. The Balaban J connectivity index is 1.80. The molecule has 0 spiro atoms. The summed E-state index contributed by atoms with van der Waals surface area (Å²) < 4.78 is 44.1. The normalized spacial score (nSPS) is 11.7. The van der Waals surface area contributed by atoms with Crippen molar-refractivity contribution in [2.24, 2.45) is 0 Å². The quantitative estimate of drug-likeness (QED) is 0.482. The maximum Gasteiger partial charge on any atom is 0.416 e. The Morgan fingerprint density at radius 3 is 2.59 bits per heavy atom. The highest BCUT2D eigenvalue weighted by atomic mass is 35.5. The average molecular weight is 420 g/mol. The number of alkyl halides is 3. The minimum Gasteiger partial charge on any atom is -0.456 e. The molecule has 0 aliphatic carbocycles. The Hall–Kier alpha value is -3.06. The van der Waals surface area contributed by atoms with Gasteiger partial charge in [-0.3, -0.25) is 0 Å². The van der Waals surface area contributed by atoms with Crippen molar-refractivity contribution < 1.29 is 17.9 Å². The fourth-order valence-corrected chi connectivity index (χ4v) is 2.80. The summed E-state index contributed by atoms with van der Waals surface area (Å²) in [4.78, 5) is 8.44. The molecule has 2 aromatic carbocycles.